The van der Waals surface area contributed by atoms with E-state index in [0.29, 0.717) is 38.2 Å². The summed E-state index contributed by atoms with van der Waals surface area (Å²) >= 11 is 0. The third kappa shape index (κ3) is 4.07. The molecular weight excluding hydrogens is 322 g/mol. The Labute approximate surface area is 146 Å². The number of urea groups is 1. The number of nitrogens with zero attached hydrogens (tertiary/aromatic N) is 3. The van der Waals surface area contributed by atoms with Crippen molar-refractivity contribution < 1.29 is 14.4 Å². The highest BCUT2D eigenvalue weighted by molar-refractivity contribution is 6.39. The summed E-state index contributed by atoms with van der Waals surface area (Å²) < 4.78 is 0. The zero-order valence-corrected chi connectivity index (χ0v) is 14.5. The number of amides is 3. The maximum atomic E-state index is 12.3. The largest absolute Gasteiger partial charge is 0.386 e. The van der Waals surface area contributed by atoms with Crippen LogP contribution in [0.15, 0.2) is 29.7 Å². The van der Waals surface area contributed by atoms with Crippen molar-refractivity contribution in [3.63, 3.8) is 0 Å². The van der Waals surface area contributed by atoms with E-state index >= 15 is 0 Å². The normalized spacial score (nSPS) is 22.0. The van der Waals surface area contributed by atoms with Gasteiger partial charge in [0.05, 0.1) is 6.54 Å². The summed E-state index contributed by atoms with van der Waals surface area (Å²) in [4.78, 5) is 35.7. The average molecular weight is 345 g/mol. The van der Waals surface area contributed by atoms with Crippen LogP contribution in [-0.4, -0.2) is 52.3 Å². The van der Waals surface area contributed by atoms with E-state index in [1.165, 1.54) is 0 Å². The first kappa shape index (κ1) is 17.2. The van der Waals surface area contributed by atoms with Gasteiger partial charge in [0.2, 0.25) is 0 Å². The molecule has 3 amide bonds. The van der Waals surface area contributed by atoms with E-state index < -0.39 is 5.60 Å². The second-order valence-electron chi connectivity index (χ2n) is 6.81. The van der Waals surface area contributed by atoms with Gasteiger partial charge in [0.25, 0.3) is 5.91 Å². The minimum absolute atomic E-state index is 0.0820. The number of carbonyl (C=O) groups excluding carboxylic acids is 2. The van der Waals surface area contributed by atoms with Crippen molar-refractivity contribution in [3.05, 3.63) is 30.1 Å². The monoisotopic (exact) mass is 345 g/mol. The minimum atomic E-state index is -0.574. The highest BCUT2D eigenvalue weighted by Crippen LogP contribution is 2.33. The van der Waals surface area contributed by atoms with Gasteiger partial charge in [-0.1, -0.05) is 11.2 Å². The van der Waals surface area contributed by atoms with E-state index in [9.17, 15) is 9.59 Å². The van der Waals surface area contributed by atoms with Crippen molar-refractivity contribution in [1.82, 2.24) is 20.5 Å². The van der Waals surface area contributed by atoms with Crippen LogP contribution in [0.2, 0.25) is 0 Å². The molecule has 8 heteroatoms. The van der Waals surface area contributed by atoms with Crippen LogP contribution < -0.4 is 10.6 Å². The number of hydrogen-bond acceptors (Lipinski definition) is 5. The predicted octanol–water partition coefficient (Wildman–Crippen LogP) is 1.04. The molecule has 1 spiro atoms. The first-order chi connectivity index (χ1) is 12.0. The predicted molar refractivity (Wildman–Crippen MR) is 91.8 cm³/mol. The zero-order valence-electron chi connectivity index (χ0n) is 14.5. The molecule has 1 aromatic heterocycles. The van der Waals surface area contributed by atoms with Crippen molar-refractivity contribution in [2.45, 2.75) is 44.9 Å². The standard InChI is InChI=1S/C17H23N5O3/c1-12(2)20-16(24)22-7-5-17(11-22)8-14(21-25-17)15(23)19-10-13-4-3-6-18-9-13/h3-4,6,9,12H,5,7-8,10-11H2,1-2H3,(H,19,23)(H,20,24)/t17-/m1/s1. The summed E-state index contributed by atoms with van der Waals surface area (Å²) in [6.07, 6.45) is 4.47. The molecule has 134 valence electrons. The Morgan fingerprint density at radius 3 is 3.00 bits per heavy atom. The summed E-state index contributed by atoms with van der Waals surface area (Å²) in [5.74, 6) is -0.245. The van der Waals surface area contributed by atoms with Crippen LogP contribution in [0, 0.1) is 0 Å². The smallest absolute Gasteiger partial charge is 0.317 e. The minimum Gasteiger partial charge on any atom is -0.386 e. The molecule has 0 bridgehead atoms. The Hall–Kier alpha value is -2.64. The molecule has 25 heavy (non-hydrogen) atoms. The Morgan fingerprint density at radius 1 is 1.44 bits per heavy atom. The molecule has 3 rings (SSSR count). The molecule has 1 atom stereocenters. The number of oxime groups is 1. The first-order valence-electron chi connectivity index (χ1n) is 8.45. The van der Waals surface area contributed by atoms with Crippen LogP contribution in [0.4, 0.5) is 4.79 Å². The Kier molecular flexibility index (Phi) is 4.87. The van der Waals surface area contributed by atoms with Crippen LogP contribution >= 0.6 is 0 Å². The summed E-state index contributed by atoms with van der Waals surface area (Å²) in [6, 6.07) is 3.69. The van der Waals surface area contributed by atoms with Gasteiger partial charge in [-0.2, -0.15) is 0 Å². The number of carbonyl (C=O) groups is 2. The fourth-order valence-electron chi connectivity index (χ4n) is 3.01. The molecule has 8 nitrogen and oxygen atoms in total. The van der Waals surface area contributed by atoms with Gasteiger partial charge >= 0.3 is 6.03 Å². The molecule has 0 saturated carbocycles. The zero-order chi connectivity index (χ0) is 17.9. The lowest BCUT2D eigenvalue weighted by molar-refractivity contribution is -0.115. The third-order valence-electron chi connectivity index (χ3n) is 4.29. The summed E-state index contributed by atoms with van der Waals surface area (Å²) in [7, 11) is 0. The molecular formula is C17H23N5O3. The van der Waals surface area contributed by atoms with Crippen LogP contribution in [0.25, 0.3) is 0 Å². The molecule has 2 aliphatic heterocycles. The molecule has 2 N–H and O–H groups in total. The van der Waals surface area contributed by atoms with Gasteiger partial charge in [-0.25, -0.2) is 4.79 Å². The average Bonchev–Trinajstić information content (AvgIpc) is 3.21. The molecule has 0 unspecified atom stereocenters. The van der Waals surface area contributed by atoms with Gasteiger partial charge in [0.15, 0.2) is 5.60 Å². The Balaban J connectivity index is 1.51. The van der Waals surface area contributed by atoms with Gasteiger partial charge in [-0.05, 0) is 25.5 Å². The maximum Gasteiger partial charge on any atom is 0.317 e. The van der Waals surface area contributed by atoms with Crippen LogP contribution in [0.1, 0.15) is 32.3 Å². The molecule has 0 aliphatic carbocycles. The van der Waals surface area contributed by atoms with Gasteiger partial charge in [-0.15, -0.1) is 0 Å². The van der Waals surface area contributed by atoms with Gasteiger partial charge in [-0.3, -0.25) is 9.78 Å². The van der Waals surface area contributed by atoms with E-state index in [-0.39, 0.29) is 18.0 Å². The van der Waals surface area contributed by atoms with Gasteiger partial charge in [0.1, 0.15) is 5.71 Å². The summed E-state index contributed by atoms with van der Waals surface area (Å²) in [6.45, 7) is 5.27. The van der Waals surface area contributed by atoms with Crippen molar-refractivity contribution in [3.8, 4) is 0 Å². The molecule has 0 aromatic carbocycles. The molecule has 1 saturated heterocycles. The molecule has 2 aliphatic rings. The fraction of sp³-hybridized carbons (Fsp3) is 0.529. The Morgan fingerprint density at radius 2 is 2.28 bits per heavy atom. The van der Waals surface area contributed by atoms with Crippen molar-refractivity contribution in [1.29, 1.82) is 0 Å². The van der Waals surface area contributed by atoms with E-state index in [0.717, 1.165) is 5.56 Å². The number of likely N-dealkylation sites (tertiary alicyclic amines) is 1. The quantitative estimate of drug-likeness (QED) is 0.852. The lowest BCUT2D eigenvalue weighted by Gasteiger charge is -2.22. The number of aromatic nitrogens is 1. The number of nitrogens with one attached hydrogen (secondary N) is 2. The first-order valence-corrected chi connectivity index (χ1v) is 8.45. The van der Waals surface area contributed by atoms with Crippen LogP contribution in [0.5, 0.6) is 0 Å². The molecule has 1 aromatic rings. The van der Waals surface area contributed by atoms with Crippen molar-refractivity contribution in [2.75, 3.05) is 13.1 Å². The number of pyridine rings is 1. The maximum absolute atomic E-state index is 12.3. The Bertz CT molecular complexity index is 676. The lowest BCUT2D eigenvalue weighted by Crippen LogP contribution is -2.44. The van der Waals surface area contributed by atoms with Gasteiger partial charge in [0, 0.05) is 44.4 Å². The van der Waals surface area contributed by atoms with E-state index in [1.54, 1.807) is 17.3 Å². The van der Waals surface area contributed by atoms with Crippen molar-refractivity contribution in [2.24, 2.45) is 5.16 Å². The topological polar surface area (TPSA) is 95.9 Å². The van der Waals surface area contributed by atoms with Crippen LogP contribution in [0.3, 0.4) is 0 Å². The molecule has 0 radical (unpaired) electrons. The van der Waals surface area contributed by atoms with E-state index in [2.05, 4.69) is 20.8 Å². The highest BCUT2D eigenvalue weighted by atomic mass is 16.7. The van der Waals surface area contributed by atoms with Gasteiger partial charge < -0.3 is 20.4 Å². The van der Waals surface area contributed by atoms with E-state index in [1.807, 2.05) is 26.0 Å². The molecule has 3 heterocycles. The highest BCUT2D eigenvalue weighted by Gasteiger charge is 2.47. The number of rotatable bonds is 4. The van der Waals surface area contributed by atoms with E-state index in [4.69, 9.17) is 4.84 Å². The van der Waals surface area contributed by atoms with Crippen LogP contribution in [-0.2, 0) is 16.2 Å². The SMILES string of the molecule is CC(C)NC(=O)N1CC[C@@]2(CC(C(=O)NCc3cccnc3)=NO2)C1. The summed E-state index contributed by atoms with van der Waals surface area (Å²) in [5, 5.41) is 9.67. The fourth-order valence-corrected chi connectivity index (χ4v) is 3.01. The lowest BCUT2D eigenvalue weighted by atomic mass is 9.96. The number of hydrogen-bond donors (Lipinski definition) is 2. The molecule has 1 fully saturated rings. The third-order valence-corrected chi connectivity index (χ3v) is 4.29. The second-order valence-corrected chi connectivity index (χ2v) is 6.81. The summed E-state index contributed by atoms with van der Waals surface area (Å²) in [5.41, 5.74) is 0.715. The second kappa shape index (κ2) is 7.08. The van der Waals surface area contributed by atoms with Crippen molar-refractivity contribution >= 4 is 17.6 Å².